The van der Waals surface area contributed by atoms with Crippen molar-refractivity contribution < 1.29 is 14.0 Å². The summed E-state index contributed by atoms with van der Waals surface area (Å²) in [5.74, 6) is 1.31. The molecule has 0 aliphatic heterocycles. The summed E-state index contributed by atoms with van der Waals surface area (Å²) in [7, 11) is 0. The molecule has 114 valence electrons. The summed E-state index contributed by atoms with van der Waals surface area (Å²) in [5.41, 5.74) is 2.09. The number of alkyl halides is 1. The van der Waals surface area contributed by atoms with Gasteiger partial charge in [0.1, 0.15) is 17.7 Å². The lowest BCUT2D eigenvalue weighted by molar-refractivity contribution is -0.132. The van der Waals surface area contributed by atoms with Gasteiger partial charge in [-0.15, -0.1) is 0 Å². The highest BCUT2D eigenvalue weighted by molar-refractivity contribution is 5.87. The molecular weight excluding hydrogens is 267 g/mol. The summed E-state index contributed by atoms with van der Waals surface area (Å²) >= 11 is 0. The lowest BCUT2D eigenvalue weighted by Crippen LogP contribution is -2.49. The van der Waals surface area contributed by atoms with Gasteiger partial charge in [0.25, 0.3) is 0 Å². The first kappa shape index (κ1) is 13.7. The Balaban J connectivity index is 1.72. The molecule has 2 fully saturated rings. The van der Waals surface area contributed by atoms with E-state index in [1.165, 1.54) is 11.1 Å². The normalized spacial score (nSPS) is 46.2. The third-order valence-electron chi connectivity index (χ3n) is 6.84. The molecule has 3 unspecified atom stereocenters. The van der Waals surface area contributed by atoms with Gasteiger partial charge in [0.15, 0.2) is 0 Å². The van der Waals surface area contributed by atoms with Crippen LogP contribution >= 0.6 is 0 Å². The maximum absolute atomic E-state index is 15.0. The van der Waals surface area contributed by atoms with Crippen molar-refractivity contribution in [2.45, 2.75) is 64.5 Å². The van der Waals surface area contributed by atoms with Crippen LogP contribution in [-0.4, -0.2) is 17.7 Å². The Hall–Kier alpha value is -0.990. The Morgan fingerprint density at radius 2 is 1.90 bits per heavy atom. The first-order chi connectivity index (χ1) is 10.0. The first-order valence-electron chi connectivity index (χ1n) is 8.40. The molecule has 4 aliphatic rings. The maximum atomic E-state index is 15.0. The summed E-state index contributed by atoms with van der Waals surface area (Å²) in [5, 5.41) is 0. The van der Waals surface area contributed by atoms with Gasteiger partial charge in [0, 0.05) is 30.6 Å². The summed E-state index contributed by atoms with van der Waals surface area (Å²) < 4.78 is 15.0. The summed E-state index contributed by atoms with van der Waals surface area (Å²) in [6.45, 7) is 2.00. The highest BCUT2D eigenvalue weighted by Gasteiger charge is 2.58. The lowest BCUT2D eigenvalue weighted by atomic mass is 9.54. The molecule has 4 aliphatic carbocycles. The van der Waals surface area contributed by atoms with Crippen LogP contribution in [0.1, 0.15) is 58.3 Å². The average Bonchev–Trinajstić information content (AvgIpc) is 2.74. The van der Waals surface area contributed by atoms with Crippen molar-refractivity contribution in [1.82, 2.24) is 0 Å². The van der Waals surface area contributed by atoms with E-state index < -0.39 is 11.6 Å². The highest BCUT2D eigenvalue weighted by Crippen LogP contribution is 2.60. The Labute approximate surface area is 125 Å². The average molecular weight is 290 g/mol. The van der Waals surface area contributed by atoms with Crippen LogP contribution in [0.3, 0.4) is 0 Å². The molecule has 5 atom stereocenters. The molecule has 21 heavy (non-hydrogen) atoms. The Kier molecular flexibility index (Phi) is 2.93. The second kappa shape index (κ2) is 4.50. The highest BCUT2D eigenvalue weighted by atomic mass is 19.1. The number of carbonyl (C=O) groups excluding carboxylic acids is 2. The molecule has 4 rings (SSSR count). The molecule has 0 spiro atoms. The van der Waals surface area contributed by atoms with Crippen molar-refractivity contribution >= 4 is 11.6 Å². The molecule has 0 amide bonds. The van der Waals surface area contributed by atoms with E-state index in [-0.39, 0.29) is 11.7 Å². The minimum absolute atomic E-state index is 0.00539. The second-order valence-electron chi connectivity index (χ2n) is 7.78. The van der Waals surface area contributed by atoms with E-state index in [1.807, 2.05) is 6.92 Å². The standard InChI is InChI=1S/C18H23FO2/c1-18-9-15(19)17-12-5-3-11(20)8-10(12)2-4-13(17)14(18)6-7-16(18)21/h13-15,17H,2-9H2,1H3/t13?,14?,15-,17?,18-/m0/s1. The summed E-state index contributed by atoms with van der Waals surface area (Å²) in [4.78, 5) is 23.9. The van der Waals surface area contributed by atoms with E-state index in [2.05, 4.69) is 0 Å². The number of ketones is 2. The summed E-state index contributed by atoms with van der Waals surface area (Å²) in [6.07, 6.45) is 4.96. The molecule has 2 nitrogen and oxygen atoms in total. The zero-order valence-electron chi connectivity index (χ0n) is 12.7. The van der Waals surface area contributed by atoms with Crippen molar-refractivity contribution in [1.29, 1.82) is 0 Å². The largest absolute Gasteiger partial charge is 0.299 e. The van der Waals surface area contributed by atoms with Crippen molar-refractivity contribution in [3.05, 3.63) is 11.1 Å². The van der Waals surface area contributed by atoms with Crippen LogP contribution in [0.15, 0.2) is 11.1 Å². The Bertz CT molecular complexity index is 549. The quantitative estimate of drug-likeness (QED) is 0.636. The van der Waals surface area contributed by atoms with Gasteiger partial charge in [-0.25, -0.2) is 4.39 Å². The fraction of sp³-hybridized carbons (Fsp3) is 0.778. The predicted octanol–water partition coefficient (Wildman–Crippen LogP) is 3.79. The number of halogens is 1. The molecule has 0 aromatic heterocycles. The van der Waals surface area contributed by atoms with E-state index in [0.717, 1.165) is 25.7 Å². The van der Waals surface area contributed by atoms with Gasteiger partial charge in [-0.3, -0.25) is 9.59 Å². The molecule has 0 saturated heterocycles. The van der Waals surface area contributed by atoms with E-state index in [1.54, 1.807) is 0 Å². The van der Waals surface area contributed by atoms with Gasteiger partial charge in [-0.1, -0.05) is 18.1 Å². The molecular formula is C18H23FO2. The first-order valence-corrected chi connectivity index (χ1v) is 8.40. The SMILES string of the molecule is C[C@]12C[C@H](F)C3C4=C(CCC3C1CCC2=O)CC(=O)CC4. The number of Topliss-reactive ketones (excluding diaryl/α,β-unsaturated/α-hetero) is 2. The molecule has 3 heteroatoms. The van der Waals surface area contributed by atoms with Gasteiger partial charge < -0.3 is 0 Å². The van der Waals surface area contributed by atoms with E-state index in [0.29, 0.717) is 43.3 Å². The van der Waals surface area contributed by atoms with Crippen LogP contribution in [0, 0.1) is 23.2 Å². The van der Waals surface area contributed by atoms with Gasteiger partial charge in [0.2, 0.25) is 0 Å². The van der Waals surface area contributed by atoms with E-state index >= 15 is 0 Å². The van der Waals surface area contributed by atoms with Crippen molar-refractivity contribution in [3.63, 3.8) is 0 Å². The topological polar surface area (TPSA) is 34.1 Å². The van der Waals surface area contributed by atoms with Gasteiger partial charge in [-0.05, 0) is 43.9 Å². The second-order valence-corrected chi connectivity index (χ2v) is 7.78. The molecule has 0 radical (unpaired) electrons. The van der Waals surface area contributed by atoms with Gasteiger partial charge >= 0.3 is 0 Å². The van der Waals surface area contributed by atoms with Gasteiger partial charge in [-0.2, -0.15) is 0 Å². The fourth-order valence-corrected chi connectivity index (χ4v) is 5.84. The third kappa shape index (κ3) is 1.82. The monoisotopic (exact) mass is 290 g/mol. The van der Waals surface area contributed by atoms with Crippen molar-refractivity contribution in [2.24, 2.45) is 23.2 Å². The van der Waals surface area contributed by atoms with Crippen LogP contribution in [0.2, 0.25) is 0 Å². The number of allylic oxidation sites excluding steroid dienone is 2. The Morgan fingerprint density at radius 3 is 2.71 bits per heavy atom. The van der Waals surface area contributed by atoms with Crippen LogP contribution in [0.25, 0.3) is 0 Å². The maximum Gasteiger partial charge on any atom is 0.139 e. The van der Waals surface area contributed by atoms with Gasteiger partial charge in [0.05, 0.1) is 0 Å². The number of hydrogen-bond donors (Lipinski definition) is 0. The van der Waals surface area contributed by atoms with E-state index in [9.17, 15) is 14.0 Å². The fourth-order valence-electron chi connectivity index (χ4n) is 5.84. The third-order valence-corrected chi connectivity index (χ3v) is 6.84. The Morgan fingerprint density at radius 1 is 1.10 bits per heavy atom. The number of hydrogen-bond acceptors (Lipinski definition) is 2. The van der Waals surface area contributed by atoms with Crippen LogP contribution in [-0.2, 0) is 9.59 Å². The molecule has 0 N–H and O–H groups in total. The van der Waals surface area contributed by atoms with Crippen molar-refractivity contribution in [2.75, 3.05) is 0 Å². The smallest absolute Gasteiger partial charge is 0.139 e. The van der Waals surface area contributed by atoms with Crippen molar-refractivity contribution in [3.8, 4) is 0 Å². The molecule has 0 aromatic rings. The minimum atomic E-state index is -0.892. The molecule has 2 saturated carbocycles. The van der Waals surface area contributed by atoms with E-state index in [4.69, 9.17) is 0 Å². The molecule has 0 aromatic carbocycles. The van der Waals surface area contributed by atoms with Crippen LogP contribution in [0.5, 0.6) is 0 Å². The lowest BCUT2D eigenvalue weighted by Gasteiger charge is -2.51. The summed E-state index contributed by atoms with van der Waals surface area (Å²) in [6, 6.07) is 0. The predicted molar refractivity (Wildman–Crippen MR) is 77.4 cm³/mol. The number of carbonyl (C=O) groups is 2. The van der Waals surface area contributed by atoms with Crippen LogP contribution < -0.4 is 0 Å². The zero-order valence-corrected chi connectivity index (χ0v) is 12.7. The molecule has 0 bridgehead atoms. The van der Waals surface area contributed by atoms with Crippen LogP contribution in [0.4, 0.5) is 4.39 Å². The zero-order chi connectivity index (χ0) is 14.8. The molecule has 0 heterocycles. The number of rotatable bonds is 0. The minimum Gasteiger partial charge on any atom is -0.299 e. The number of fused-ring (bicyclic) bond motifs is 4.